The summed E-state index contributed by atoms with van der Waals surface area (Å²) < 4.78 is 60.6. The summed E-state index contributed by atoms with van der Waals surface area (Å²) in [6.07, 6.45) is -3.00. The molecule has 0 aromatic heterocycles. The van der Waals surface area contributed by atoms with Crippen LogP contribution in [0.3, 0.4) is 0 Å². The number of benzene rings is 1. The maximum Gasteiger partial charge on any atom is 1.00 e. The maximum absolute atomic E-state index is 12.5. The van der Waals surface area contributed by atoms with Crippen LogP contribution < -0.4 is 0 Å². The predicted molar refractivity (Wildman–Crippen MR) is 35.8 cm³/mol. The molecule has 1 rings (SSSR count). The van der Waals surface area contributed by atoms with Crippen molar-refractivity contribution in [1.29, 1.82) is 0 Å². The van der Waals surface area contributed by atoms with Gasteiger partial charge in [-0.25, -0.2) is 13.2 Å². The zero-order chi connectivity index (χ0) is 10.1. The quantitative estimate of drug-likeness (QED) is 0.434. The van der Waals surface area contributed by atoms with E-state index in [0.717, 1.165) is 0 Å². The number of rotatable bonds is 2. The third-order valence-corrected chi connectivity index (χ3v) is 1.44. The molecule has 0 N–H and O–H groups in total. The first-order valence-corrected chi connectivity index (χ1v) is 3.27. The van der Waals surface area contributed by atoms with Crippen LogP contribution >= 0.6 is 0 Å². The van der Waals surface area contributed by atoms with E-state index in [4.69, 9.17) is 0 Å². The monoisotopic (exact) mass is 258 g/mol. The van der Waals surface area contributed by atoms with E-state index in [9.17, 15) is 22.0 Å². The summed E-state index contributed by atoms with van der Waals surface area (Å²) >= 11 is 0. The molecule has 1 aromatic rings. The Hall–Kier alpha value is -0.611. The molecule has 0 saturated heterocycles. The molecule has 14 heavy (non-hydrogen) atoms. The summed E-state index contributed by atoms with van der Waals surface area (Å²) in [6, 6.07) is 2.64. The molecule has 1 aromatic carbocycles. The van der Waals surface area contributed by atoms with Gasteiger partial charge in [-0.05, 0) is 17.7 Å². The Kier molecular flexibility index (Phi) is 4.55. The van der Waals surface area contributed by atoms with Crippen LogP contribution in [0.25, 0.3) is 0 Å². The van der Waals surface area contributed by atoms with Crippen LogP contribution in [0.5, 0.6) is 0 Å². The van der Waals surface area contributed by atoms with E-state index in [2.05, 4.69) is 0 Å². The molecule has 0 radical (unpaired) electrons. The second kappa shape index (κ2) is 4.75. The van der Waals surface area contributed by atoms with E-state index in [1.165, 1.54) is 0 Å². The molecule has 0 atom stereocenters. The molecule has 0 unspecified atom stereocenters. The van der Waals surface area contributed by atoms with Gasteiger partial charge in [-0.2, -0.15) is 0 Å². The second-order valence-electron chi connectivity index (χ2n) is 2.34. The maximum atomic E-state index is 12.5. The van der Waals surface area contributed by atoms with Gasteiger partial charge >= 0.3 is 17.1 Å². The number of hydrogen-bond donors (Lipinski definition) is 0. The average molecular weight is 259 g/mol. The minimum Gasteiger partial charge on any atom is -0.415 e. The molecule has 0 amide bonds. The molecule has 0 fully saturated rings. The van der Waals surface area contributed by atoms with E-state index in [0.29, 0.717) is 24.3 Å². The van der Waals surface area contributed by atoms with Gasteiger partial charge in [0.15, 0.2) is 0 Å². The Balaban J connectivity index is 0.00000169. The van der Waals surface area contributed by atoms with Gasteiger partial charge in [-0.3, -0.25) is 0 Å². The van der Waals surface area contributed by atoms with Crippen LogP contribution in [0.2, 0.25) is 0 Å². The Morgan fingerprint density at radius 3 is 1.79 bits per heavy atom. The molecule has 0 spiro atoms. The van der Waals surface area contributed by atoms with E-state index in [1.807, 2.05) is 0 Å². The largest absolute Gasteiger partial charge is 1.00 e. The van der Waals surface area contributed by atoms with Crippen molar-refractivity contribution < 1.29 is 39.0 Å². The fourth-order valence-electron chi connectivity index (χ4n) is 0.768. The molecule has 82 valence electrons. The van der Waals surface area contributed by atoms with Gasteiger partial charge in [-0.15, -0.1) is 0 Å². The summed E-state index contributed by atoms with van der Waals surface area (Å²) in [7, 11) is 0. The minimum atomic E-state index is -4.30. The third kappa shape index (κ3) is 2.69. The molecule has 0 aliphatic heterocycles. The predicted octanol–water partition coefficient (Wildman–Crippen LogP) is 3.34. The summed E-state index contributed by atoms with van der Waals surface area (Å²) in [4.78, 5) is 0. The van der Waals surface area contributed by atoms with Gasteiger partial charge in [-0.1, -0.05) is 12.1 Å². The first-order valence-electron chi connectivity index (χ1n) is 3.27. The summed E-state index contributed by atoms with van der Waals surface area (Å²) in [5.41, 5.74) is -0.922. The number of halogens is 5. The topological polar surface area (TPSA) is 0 Å². The Bertz CT molecular complexity index is 282. The van der Waals surface area contributed by atoms with Gasteiger partial charge < -0.3 is 8.78 Å². The van der Waals surface area contributed by atoms with Crippen molar-refractivity contribution in [3.63, 3.8) is 0 Å². The Morgan fingerprint density at radius 1 is 1.00 bits per heavy atom. The average Bonchev–Trinajstić information content (AvgIpc) is 2.04. The first-order chi connectivity index (χ1) is 5.94. The zero-order valence-corrected chi connectivity index (χ0v) is 7.44. The first kappa shape index (κ1) is 13.4. The van der Waals surface area contributed by atoms with E-state index < -0.39 is 23.7 Å². The summed E-state index contributed by atoms with van der Waals surface area (Å²) in [6.45, 7) is 0. The van der Waals surface area contributed by atoms with Crippen molar-refractivity contribution in [2.45, 2.75) is 5.92 Å². The van der Waals surface area contributed by atoms with Crippen molar-refractivity contribution in [1.82, 2.24) is 0 Å². The van der Waals surface area contributed by atoms with Crippen LogP contribution in [0, 0.1) is 12.2 Å². The van der Waals surface area contributed by atoms with Gasteiger partial charge in [0.25, 0.3) is 0 Å². The Labute approximate surface area is 87.6 Å². The van der Waals surface area contributed by atoms with Crippen LogP contribution in [0.1, 0.15) is 5.56 Å². The number of hydrogen-bond acceptors (Lipinski definition) is 0. The molecule has 0 aliphatic rings. The van der Waals surface area contributed by atoms with E-state index in [1.54, 1.807) is 0 Å². The molecule has 0 bridgehead atoms. The normalized spacial score (nSPS) is 11.3. The minimum absolute atomic E-state index is 0. The van der Waals surface area contributed by atoms with Crippen LogP contribution in [0.15, 0.2) is 24.3 Å². The van der Waals surface area contributed by atoms with Crippen molar-refractivity contribution in [3.8, 4) is 0 Å². The number of alkyl halides is 2. The molecule has 0 aliphatic carbocycles. The molecule has 0 heterocycles. The zero-order valence-electron chi connectivity index (χ0n) is 6.50. The van der Waals surface area contributed by atoms with Gasteiger partial charge in [0.1, 0.15) is 5.82 Å². The second-order valence-corrected chi connectivity index (χ2v) is 2.34. The van der Waals surface area contributed by atoms with Gasteiger partial charge in [0.05, 0.1) is 6.43 Å². The van der Waals surface area contributed by atoms with Gasteiger partial charge in [0, 0.05) is 0 Å². The van der Waals surface area contributed by atoms with Crippen molar-refractivity contribution in [3.05, 3.63) is 42.1 Å². The third-order valence-electron chi connectivity index (χ3n) is 1.44. The molecular formula is C8H4CuF5. The van der Waals surface area contributed by atoms with E-state index >= 15 is 0 Å². The van der Waals surface area contributed by atoms with Crippen molar-refractivity contribution >= 4 is 0 Å². The fourth-order valence-corrected chi connectivity index (χ4v) is 0.768. The smallest absolute Gasteiger partial charge is 0.415 e. The fraction of sp³-hybridized carbons (Fsp3) is 0.125. The van der Waals surface area contributed by atoms with Crippen LogP contribution in [0.4, 0.5) is 22.0 Å². The standard InChI is InChI=1S/C8H4F5.Cu/c9-6-3-1-5(2-4-6)8(12,13)7(10)11;/h1-4H;/q-1;+1. The van der Waals surface area contributed by atoms with Crippen LogP contribution in [-0.2, 0) is 23.0 Å². The van der Waals surface area contributed by atoms with Crippen molar-refractivity contribution in [2.24, 2.45) is 0 Å². The summed E-state index contributed by atoms with van der Waals surface area (Å²) in [5.74, 6) is -5.05. The molecule has 0 nitrogen and oxygen atoms in total. The Morgan fingerprint density at radius 2 is 1.43 bits per heavy atom. The van der Waals surface area contributed by atoms with Crippen LogP contribution in [-0.4, -0.2) is 0 Å². The molecular weight excluding hydrogens is 255 g/mol. The van der Waals surface area contributed by atoms with Gasteiger partial charge in [0.2, 0.25) is 5.92 Å². The summed E-state index contributed by atoms with van der Waals surface area (Å²) in [5, 5.41) is 0. The molecule has 6 heteroatoms. The van der Waals surface area contributed by atoms with E-state index in [-0.39, 0.29) is 17.1 Å². The van der Waals surface area contributed by atoms with Crippen molar-refractivity contribution in [2.75, 3.05) is 0 Å². The SMILES string of the molecule is Fc1ccc(C(F)(F)[C-](F)F)cc1.[Cu+]. The molecule has 0 saturated carbocycles.